The first kappa shape index (κ1) is 9.07. The van der Waals surface area contributed by atoms with Gasteiger partial charge in [0.2, 0.25) is 0 Å². The van der Waals surface area contributed by atoms with E-state index in [1.807, 2.05) is 4.68 Å². The van der Waals surface area contributed by atoms with E-state index in [0.29, 0.717) is 5.69 Å². The van der Waals surface area contributed by atoms with Gasteiger partial charge in [-0.1, -0.05) is 5.21 Å². The summed E-state index contributed by atoms with van der Waals surface area (Å²) in [4.78, 5) is 10.8. The van der Waals surface area contributed by atoms with Crippen LogP contribution in [-0.2, 0) is 13.0 Å². The zero-order valence-electron chi connectivity index (χ0n) is 8.72. The van der Waals surface area contributed by atoms with Crippen LogP contribution >= 0.6 is 0 Å². The standard InChI is InChI=1S/C11H15N3O/c15-7-10-11(5-8-1-2-8)14(13-12-10)6-9-3-4-9/h7-9H,1-6H2. The van der Waals surface area contributed by atoms with E-state index in [0.717, 1.165) is 36.8 Å². The van der Waals surface area contributed by atoms with Gasteiger partial charge in [0.15, 0.2) is 6.29 Å². The number of aldehydes is 1. The number of aromatic nitrogens is 3. The number of hydrogen-bond acceptors (Lipinski definition) is 3. The maximum absolute atomic E-state index is 10.8. The van der Waals surface area contributed by atoms with Gasteiger partial charge in [0.25, 0.3) is 0 Å². The minimum Gasteiger partial charge on any atom is -0.296 e. The van der Waals surface area contributed by atoms with Gasteiger partial charge in [0, 0.05) is 6.54 Å². The summed E-state index contributed by atoms with van der Waals surface area (Å²) in [7, 11) is 0. The van der Waals surface area contributed by atoms with Crippen LogP contribution in [0.5, 0.6) is 0 Å². The molecule has 4 heteroatoms. The molecule has 3 rings (SSSR count). The van der Waals surface area contributed by atoms with E-state index in [9.17, 15) is 4.79 Å². The molecule has 0 N–H and O–H groups in total. The van der Waals surface area contributed by atoms with Crippen LogP contribution in [0.1, 0.15) is 41.9 Å². The molecule has 1 heterocycles. The number of carbonyl (C=O) groups excluding carboxylic acids is 1. The van der Waals surface area contributed by atoms with Gasteiger partial charge in [0.05, 0.1) is 5.69 Å². The Morgan fingerprint density at radius 2 is 2.00 bits per heavy atom. The van der Waals surface area contributed by atoms with Crippen LogP contribution in [0.4, 0.5) is 0 Å². The summed E-state index contributed by atoms with van der Waals surface area (Å²) in [5.74, 6) is 1.56. The third-order valence-electron chi connectivity index (χ3n) is 3.29. The minimum absolute atomic E-state index is 0.558. The lowest BCUT2D eigenvalue weighted by Gasteiger charge is -2.04. The van der Waals surface area contributed by atoms with E-state index in [1.165, 1.54) is 25.7 Å². The fraction of sp³-hybridized carbons (Fsp3) is 0.727. The fourth-order valence-corrected chi connectivity index (χ4v) is 1.93. The van der Waals surface area contributed by atoms with E-state index >= 15 is 0 Å². The zero-order valence-corrected chi connectivity index (χ0v) is 8.72. The van der Waals surface area contributed by atoms with E-state index < -0.39 is 0 Å². The lowest BCUT2D eigenvalue weighted by molar-refractivity contribution is 0.111. The predicted molar refractivity (Wildman–Crippen MR) is 54.6 cm³/mol. The molecule has 1 aromatic rings. The highest BCUT2D eigenvalue weighted by Gasteiger charge is 2.28. The molecule has 0 spiro atoms. The van der Waals surface area contributed by atoms with E-state index in [2.05, 4.69) is 10.3 Å². The molecule has 0 amide bonds. The molecule has 0 aromatic carbocycles. The summed E-state index contributed by atoms with van der Waals surface area (Å²) in [6.45, 7) is 0.961. The van der Waals surface area contributed by atoms with Crippen LogP contribution in [0.2, 0.25) is 0 Å². The highest BCUT2D eigenvalue weighted by Crippen LogP contribution is 2.34. The smallest absolute Gasteiger partial charge is 0.172 e. The molecule has 15 heavy (non-hydrogen) atoms. The average molecular weight is 205 g/mol. The van der Waals surface area contributed by atoms with Gasteiger partial charge in [-0.15, -0.1) is 5.10 Å². The van der Waals surface area contributed by atoms with Crippen LogP contribution in [0.25, 0.3) is 0 Å². The van der Waals surface area contributed by atoms with Gasteiger partial charge in [-0.25, -0.2) is 4.68 Å². The molecule has 0 unspecified atom stereocenters. The van der Waals surface area contributed by atoms with Crippen LogP contribution in [0, 0.1) is 11.8 Å². The molecule has 0 radical (unpaired) electrons. The van der Waals surface area contributed by atoms with Crippen molar-refractivity contribution in [2.24, 2.45) is 11.8 Å². The van der Waals surface area contributed by atoms with Gasteiger partial charge in [-0.2, -0.15) is 0 Å². The minimum atomic E-state index is 0.558. The Labute approximate surface area is 88.7 Å². The Balaban J connectivity index is 1.82. The molecule has 4 nitrogen and oxygen atoms in total. The molecule has 80 valence electrons. The quantitative estimate of drug-likeness (QED) is 0.683. The molecule has 1 aromatic heterocycles. The average Bonchev–Trinajstić information content (AvgIpc) is 3.09. The second kappa shape index (κ2) is 3.43. The molecular formula is C11H15N3O. The third kappa shape index (κ3) is 1.94. The van der Waals surface area contributed by atoms with Gasteiger partial charge in [-0.05, 0) is 43.9 Å². The van der Waals surface area contributed by atoms with Crippen molar-refractivity contribution in [1.29, 1.82) is 0 Å². The van der Waals surface area contributed by atoms with Crippen LogP contribution in [0.15, 0.2) is 0 Å². The molecule has 0 atom stereocenters. The van der Waals surface area contributed by atoms with E-state index in [1.54, 1.807) is 0 Å². The first-order valence-corrected chi connectivity index (χ1v) is 5.74. The summed E-state index contributed by atoms with van der Waals surface area (Å²) in [6, 6.07) is 0. The maximum atomic E-state index is 10.8. The van der Waals surface area contributed by atoms with Crippen molar-refractivity contribution < 1.29 is 4.79 Å². The Morgan fingerprint density at radius 1 is 1.27 bits per heavy atom. The van der Waals surface area contributed by atoms with Crippen LogP contribution in [0.3, 0.4) is 0 Å². The number of carbonyl (C=O) groups is 1. The summed E-state index contributed by atoms with van der Waals surface area (Å²) in [5, 5.41) is 8.02. The second-order valence-electron chi connectivity index (χ2n) is 4.81. The summed E-state index contributed by atoms with van der Waals surface area (Å²) in [5.41, 5.74) is 1.63. The van der Waals surface area contributed by atoms with E-state index in [-0.39, 0.29) is 0 Å². The molecule has 0 bridgehead atoms. The molecule has 0 saturated heterocycles. The molecule has 2 fully saturated rings. The van der Waals surface area contributed by atoms with Crippen LogP contribution < -0.4 is 0 Å². The number of hydrogen-bond donors (Lipinski definition) is 0. The van der Waals surface area contributed by atoms with Crippen molar-refractivity contribution in [2.45, 2.75) is 38.6 Å². The first-order valence-electron chi connectivity index (χ1n) is 5.74. The fourth-order valence-electron chi connectivity index (χ4n) is 1.93. The van der Waals surface area contributed by atoms with E-state index in [4.69, 9.17) is 0 Å². The van der Waals surface area contributed by atoms with Gasteiger partial charge < -0.3 is 0 Å². The van der Waals surface area contributed by atoms with Crippen molar-refractivity contribution in [3.8, 4) is 0 Å². The Kier molecular flexibility index (Phi) is 2.08. The second-order valence-corrected chi connectivity index (χ2v) is 4.81. The Bertz CT molecular complexity index is 377. The van der Waals surface area contributed by atoms with Crippen molar-refractivity contribution >= 4 is 6.29 Å². The SMILES string of the molecule is O=Cc1nnn(CC2CC2)c1CC1CC1. The Morgan fingerprint density at radius 3 is 2.60 bits per heavy atom. The number of nitrogens with zero attached hydrogens (tertiary/aromatic N) is 3. The lowest BCUT2D eigenvalue weighted by atomic mass is 10.2. The molecule has 0 aliphatic heterocycles. The van der Waals surface area contributed by atoms with Crippen LogP contribution in [-0.4, -0.2) is 21.3 Å². The summed E-state index contributed by atoms with van der Waals surface area (Å²) in [6.07, 6.45) is 7.04. The molecule has 2 aliphatic carbocycles. The maximum Gasteiger partial charge on any atom is 0.172 e. The highest BCUT2D eigenvalue weighted by atomic mass is 16.1. The van der Waals surface area contributed by atoms with Gasteiger partial charge in [0.1, 0.15) is 5.69 Å². The lowest BCUT2D eigenvalue weighted by Crippen LogP contribution is -2.08. The largest absolute Gasteiger partial charge is 0.296 e. The van der Waals surface area contributed by atoms with Gasteiger partial charge in [-0.3, -0.25) is 4.79 Å². The number of rotatable bonds is 5. The summed E-state index contributed by atoms with van der Waals surface area (Å²) >= 11 is 0. The third-order valence-corrected chi connectivity index (χ3v) is 3.29. The monoisotopic (exact) mass is 205 g/mol. The highest BCUT2D eigenvalue weighted by molar-refractivity contribution is 5.73. The van der Waals surface area contributed by atoms with Gasteiger partial charge >= 0.3 is 0 Å². The zero-order chi connectivity index (χ0) is 10.3. The molecule has 2 aliphatic rings. The van der Waals surface area contributed by atoms with Crippen molar-refractivity contribution in [2.75, 3.05) is 0 Å². The van der Waals surface area contributed by atoms with Crippen molar-refractivity contribution in [3.05, 3.63) is 11.4 Å². The topological polar surface area (TPSA) is 47.8 Å². The first-order chi connectivity index (χ1) is 7.36. The molecular weight excluding hydrogens is 190 g/mol. The predicted octanol–water partition coefficient (Wildman–Crippen LogP) is 1.45. The van der Waals surface area contributed by atoms with Crippen molar-refractivity contribution in [3.63, 3.8) is 0 Å². The summed E-state index contributed by atoms with van der Waals surface area (Å²) < 4.78 is 1.96. The molecule has 2 saturated carbocycles. The van der Waals surface area contributed by atoms with Crippen molar-refractivity contribution in [1.82, 2.24) is 15.0 Å². The normalized spacial score (nSPS) is 20.5. The Hall–Kier alpha value is -1.19.